The van der Waals surface area contributed by atoms with Crippen LogP contribution in [0.5, 0.6) is 0 Å². The van der Waals surface area contributed by atoms with E-state index in [9.17, 15) is 10.1 Å². The lowest BCUT2D eigenvalue weighted by atomic mass is 10.1. The molecule has 0 amide bonds. The molecule has 0 saturated carbocycles. The highest BCUT2D eigenvalue weighted by Gasteiger charge is 2.14. The summed E-state index contributed by atoms with van der Waals surface area (Å²) in [6.45, 7) is 8.08. The molecule has 30 heavy (non-hydrogen) atoms. The van der Waals surface area contributed by atoms with Gasteiger partial charge in [0.15, 0.2) is 5.96 Å². The molecule has 10 heteroatoms. The van der Waals surface area contributed by atoms with E-state index >= 15 is 0 Å². The van der Waals surface area contributed by atoms with Gasteiger partial charge in [-0.15, -0.1) is 24.0 Å². The molecule has 9 nitrogen and oxygen atoms in total. The fourth-order valence-corrected chi connectivity index (χ4v) is 3.41. The number of guanidine groups is 1. The zero-order valence-electron chi connectivity index (χ0n) is 17.5. The number of aliphatic imine (C=N–C) groups is 1. The van der Waals surface area contributed by atoms with Crippen molar-refractivity contribution in [1.82, 2.24) is 20.4 Å². The third-order valence-electron chi connectivity index (χ3n) is 4.97. The molecular formula is C20H30IN7O2. The van der Waals surface area contributed by atoms with Crippen molar-refractivity contribution >= 4 is 41.3 Å². The van der Waals surface area contributed by atoms with Crippen LogP contribution in [-0.4, -0.2) is 46.8 Å². The normalized spacial score (nSPS) is 14.9. The molecule has 1 aromatic carbocycles. The van der Waals surface area contributed by atoms with Gasteiger partial charge in [-0.1, -0.05) is 12.1 Å². The Morgan fingerprint density at radius 2 is 2.13 bits per heavy atom. The van der Waals surface area contributed by atoms with E-state index in [0.29, 0.717) is 19.0 Å². The van der Waals surface area contributed by atoms with E-state index in [4.69, 9.17) is 0 Å². The highest BCUT2D eigenvalue weighted by molar-refractivity contribution is 14.0. The number of benzene rings is 1. The van der Waals surface area contributed by atoms with Crippen LogP contribution in [0.4, 0.5) is 11.4 Å². The van der Waals surface area contributed by atoms with E-state index < -0.39 is 4.92 Å². The maximum Gasteiger partial charge on any atom is 0.306 e. The first-order valence-electron chi connectivity index (χ1n) is 10.1. The molecule has 0 aliphatic carbocycles. The number of hydrogen-bond donors (Lipinski definition) is 2. The lowest BCUT2D eigenvalue weighted by molar-refractivity contribution is -0.385. The van der Waals surface area contributed by atoms with Crippen LogP contribution in [0.1, 0.15) is 38.3 Å². The Balaban J connectivity index is 0.00000320. The largest absolute Gasteiger partial charge is 0.372 e. The number of halogens is 1. The zero-order valence-corrected chi connectivity index (χ0v) is 19.8. The third kappa shape index (κ3) is 6.57. The lowest BCUT2D eigenvalue weighted by Crippen LogP contribution is -2.39. The molecule has 1 saturated heterocycles. The van der Waals surface area contributed by atoms with Gasteiger partial charge in [0.25, 0.3) is 0 Å². The van der Waals surface area contributed by atoms with Crippen LogP contribution in [0, 0.1) is 10.1 Å². The van der Waals surface area contributed by atoms with Gasteiger partial charge in [-0.05, 0) is 44.4 Å². The zero-order chi connectivity index (χ0) is 20.6. The van der Waals surface area contributed by atoms with Crippen molar-refractivity contribution in [2.45, 2.75) is 39.3 Å². The Morgan fingerprint density at radius 3 is 2.80 bits per heavy atom. The van der Waals surface area contributed by atoms with Crippen molar-refractivity contribution < 1.29 is 4.92 Å². The van der Waals surface area contributed by atoms with Gasteiger partial charge in [-0.3, -0.25) is 19.8 Å². The van der Waals surface area contributed by atoms with Crippen LogP contribution in [0.2, 0.25) is 0 Å². The average molecular weight is 527 g/mol. The number of hydrogen-bond acceptors (Lipinski definition) is 5. The van der Waals surface area contributed by atoms with Crippen molar-refractivity contribution in [3.8, 4) is 0 Å². The van der Waals surface area contributed by atoms with Gasteiger partial charge in [0.2, 0.25) is 0 Å². The van der Waals surface area contributed by atoms with Gasteiger partial charge in [-0.2, -0.15) is 5.10 Å². The molecule has 164 valence electrons. The van der Waals surface area contributed by atoms with Gasteiger partial charge in [-0.25, -0.2) is 0 Å². The van der Waals surface area contributed by atoms with E-state index in [1.165, 1.54) is 41.2 Å². The molecule has 1 aliphatic heterocycles. The van der Waals surface area contributed by atoms with Crippen molar-refractivity contribution in [3.05, 3.63) is 52.3 Å². The molecular weight excluding hydrogens is 497 g/mol. The summed E-state index contributed by atoms with van der Waals surface area (Å²) in [5.41, 5.74) is 2.48. The van der Waals surface area contributed by atoms with E-state index in [1.807, 2.05) is 6.92 Å². The standard InChI is InChI=1S/C20H29N7O2.HI/c1-3-21-20(22-9-12-26-15-19(14-23-26)27(28)29)24-16(2)17-7-6-8-18(13-17)25-10-4-5-11-25;/h6-8,13-16H,3-5,9-12H2,1-2H3,(H2,21,22,24);1H. The van der Waals surface area contributed by atoms with Crippen LogP contribution in [-0.2, 0) is 6.54 Å². The number of nitrogens with zero attached hydrogens (tertiary/aromatic N) is 5. The summed E-state index contributed by atoms with van der Waals surface area (Å²) in [6.07, 6.45) is 5.19. The lowest BCUT2D eigenvalue weighted by Gasteiger charge is -2.22. The smallest absolute Gasteiger partial charge is 0.306 e. The summed E-state index contributed by atoms with van der Waals surface area (Å²) in [5, 5.41) is 21.4. The molecule has 0 bridgehead atoms. The molecule has 1 fully saturated rings. The van der Waals surface area contributed by atoms with Crippen LogP contribution < -0.4 is 15.5 Å². The maximum atomic E-state index is 10.7. The molecule has 2 N–H and O–H groups in total. The van der Waals surface area contributed by atoms with Gasteiger partial charge < -0.3 is 15.5 Å². The predicted molar refractivity (Wildman–Crippen MR) is 130 cm³/mol. The Bertz CT molecular complexity index is 849. The van der Waals surface area contributed by atoms with E-state index in [-0.39, 0.29) is 35.7 Å². The molecule has 0 spiro atoms. The summed E-state index contributed by atoms with van der Waals surface area (Å²) >= 11 is 0. The van der Waals surface area contributed by atoms with E-state index in [2.05, 4.69) is 56.8 Å². The SMILES string of the molecule is CCNC(=NCCn1cc([N+](=O)[O-])cn1)NC(C)c1cccc(N2CCCC2)c1.I. The fourth-order valence-electron chi connectivity index (χ4n) is 3.41. The highest BCUT2D eigenvalue weighted by Crippen LogP contribution is 2.23. The van der Waals surface area contributed by atoms with Gasteiger partial charge in [0.05, 0.1) is 24.1 Å². The second-order valence-corrected chi connectivity index (χ2v) is 7.13. The van der Waals surface area contributed by atoms with Crippen molar-refractivity contribution in [2.24, 2.45) is 4.99 Å². The molecule has 0 radical (unpaired) electrons. The Labute approximate surface area is 194 Å². The first kappa shape index (κ1) is 23.9. The van der Waals surface area contributed by atoms with Crippen LogP contribution in [0.25, 0.3) is 0 Å². The summed E-state index contributed by atoms with van der Waals surface area (Å²) in [6, 6.07) is 8.75. The predicted octanol–water partition coefficient (Wildman–Crippen LogP) is 3.33. The molecule has 1 unspecified atom stereocenters. The Morgan fingerprint density at radius 1 is 1.37 bits per heavy atom. The van der Waals surface area contributed by atoms with E-state index in [0.717, 1.165) is 19.6 Å². The summed E-state index contributed by atoms with van der Waals surface area (Å²) in [7, 11) is 0. The summed E-state index contributed by atoms with van der Waals surface area (Å²) in [4.78, 5) is 17.3. The van der Waals surface area contributed by atoms with Gasteiger partial charge >= 0.3 is 5.69 Å². The van der Waals surface area contributed by atoms with Crippen molar-refractivity contribution in [2.75, 3.05) is 31.1 Å². The molecule has 1 atom stereocenters. The quantitative estimate of drug-likeness (QED) is 0.180. The molecule has 3 rings (SSSR count). The summed E-state index contributed by atoms with van der Waals surface area (Å²) < 4.78 is 1.54. The Kier molecular flexibility index (Phi) is 9.34. The molecule has 1 aliphatic rings. The Hall–Kier alpha value is -2.37. The van der Waals surface area contributed by atoms with Gasteiger partial charge in [0.1, 0.15) is 12.4 Å². The number of nitrogens with one attached hydrogen (secondary N) is 2. The minimum absolute atomic E-state index is 0. The minimum Gasteiger partial charge on any atom is -0.372 e. The van der Waals surface area contributed by atoms with Crippen LogP contribution in [0.3, 0.4) is 0 Å². The number of aromatic nitrogens is 2. The fraction of sp³-hybridized carbons (Fsp3) is 0.500. The maximum absolute atomic E-state index is 10.7. The average Bonchev–Trinajstić information content (AvgIpc) is 3.40. The second kappa shape index (κ2) is 11.7. The number of rotatable bonds is 8. The number of anilines is 1. The monoisotopic (exact) mass is 527 g/mol. The van der Waals surface area contributed by atoms with Crippen LogP contribution in [0.15, 0.2) is 41.7 Å². The highest BCUT2D eigenvalue weighted by atomic mass is 127. The third-order valence-corrected chi connectivity index (χ3v) is 4.97. The van der Waals surface area contributed by atoms with Crippen molar-refractivity contribution in [1.29, 1.82) is 0 Å². The molecule has 2 aromatic rings. The van der Waals surface area contributed by atoms with E-state index in [1.54, 1.807) is 0 Å². The van der Waals surface area contributed by atoms with Crippen molar-refractivity contribution in [3.63, 3.8) is 0 Å². The first-order chi connectivity index (χ1) is 14.1. The number of nitro groups is 1. The second-order valence-electron chi connectivity index (χ2n) is 7.13. The topological polar surface area (TPSA) is 101 Å². The van der Waals surface area contributed by atoms with Crippen LogP contribution >= 0.6 is 24.0 Å². The summed E-state index contributed by atoms with van der Waals surface area (Å²) in [5.74, 6) is 0.716. The van der Waals surface area contributed by atoms with Gasteiger partial charge in [0, 0.05) is 25.3 Å². The molecule has 1 aromatic heterocycles. The first-order valence-corrected chi connectivity index (χ1v) is 10.1. The minimum atomic E-state index is -0.448. The molecule has 2 heterocycles.